The number of carbonyl (C=O) groups excluding carboxylic acids is 1. The van der Waals surface area contributed by atoms with Crippen molar-refractivity contribution in [1.29, 1.82) is 0 Å². The molecule has 14 heavy (non-hydrogen) atoms. The van der Waals surface area contributed by atoms with E-state index in [-0.39, 0.29) is 12.5 Å². The lowest BCUT2D eigenvalue weighted by molar-refractivity contribution is -0.120. The molecule has 1 unspecified atom stereocenters. The number of benzene rings is 1. The molecule has 1 aromatic carbocycles. The molecular formula is C11H15NO2. The average Bonchev–Trinajstić information content (AvgIpc) is 2.16. The molecule has 0 saturated heterocycles. The van der Waals surface area contributed by atoms with E-state index in [9.17, 15) is 9.90 Å². The summed E-state index contributed by atoms with van der Waals surface area (Å²) in [5, 5.41) is 12.6. The van der Waals surface area contributed by atoms with Crippen molar-refractivity contribution in [3.05, 3.63) is 35.9 Å². The van der Waals surface area contributed by atoms with E-state index < -0.39 is 5.60 Å². The van der Waals surface area contributed by atoms with Gasteiger partial charge in [0.15, 0.2) is 0 Å². The molecule has 0 aliphatic heterocycles. The van der Waals surface area contributed by atoms with Gasteiger partial charge in [-0.05, 0) is 12.5 Å². The molecule has 1 amide bonds. The first kappa shape index (κ1) is 10.7. The monoisotopic (exact) mass is 193 g/mol. The van der Waals surface area contributed by atoms with Crippen LogP contribution in [0.25, 0.3) is 0 Å². The molecule has 1 atom stereocenters. The fourth-order valence-electron chi connectivity index (χ4n) is 1.20. The number of carbonyl (C=O) groups is 1. The molecule has 0 aromatic heterocycles. The predicted octanol–water partition coefficient (Wildman–Crippen LogP) is 1.03. The van der Waals surface area contributed by atoms with E-state index in [1.807, 2.05) is 30.3 Å². The van der Waals surface area contributed by atoms with Gasteiger partial charge in [-0.15, -0.1) is 0 Å². The van der Waals surface area contributed by atoms with Gasteiger partial charge in [-0.1, -0.05) is 30.3 Å². The van der Waals surface area contributed by atoms with Crippen molar-refractivity contribution in [2.45, 2.75) is 19.4 Å². The maximum absolute atomic E-state index is 10.7. The Labute approximate surface area is 83.8 Å². The quantitative estimate of drug-likeness (QED) is 0.753. The Balaban J connectivity index is 2.70. The summed E-state index contributed by atoms with van der Waals surface area (Å²) >= 11 is 0. The van der Waals surface area contributed by atoms with E-state index >= 15 is 0 Å². The Morgan fingerprint density at radius 3 is 2.50 bits per heavy atom. The molecule has 0 saturated carbocycles. The highest BCUT2D eigenvalue weighted by atomic mass is 16.3. The number of rotatable bonds is 3. The first-order valence-corrected chi connectivity index (χ1v) is 4.55. The van der Waals surface area contributed by atoms with Crippen LogP contribution in [0.1, 0.15) is 19.4 Å². The highest BCUT2D eigenvalue weighted by Gasteiger charge is 2.22. The van der Waals surface area contributed by atoms with Gasteiger partial charge in [0.1, 0.15) is 5.60 Å². The first-order valence-electron chi connectivity index (χ1n) is 4.55. The minimum absolute atomic E-state index is 0.138. The number of hydrogen-bond donors (Lipinski definition) is 2. The summed E-state index contributed by atoms with van der Waals surface area (Å²) < 4.78 is 0. The summed E-state index contributed by atoms with van der Waals surface area (Å²) in [6, 6.07) is 9.27. The van der Waals surface area contributed by atoms with Gasteiger partial charge in [0, 0.05) is 6.92 Å². The van der Waals surface area contributed by atoms with Crippen LogP contribution in [0.3, 0.4) is 0 Å². The lowest BCUT2D eigenvalue weighted by Crippen LogP contribution is -2.37. The predicted molar refractivity (Wildman–Crippen MR) is 54.7 cm³/mol. The standard InChI is InChI=1S/C11H15NO2/c1-9(13)12-8-11(2,14)10-6-4-3-5-7-10/h3-7,14H,8H2,1-2H3,(H,12,13). The zero-order chi connectivity index (χ0) is 10.6. The maximum Gasteiger partial charge on any atom is 0.216 e. The van der Waals surface area contributed by atoms with E-state index in [0.29, 0.717) is 0 Å². The van der Waals surface area contributed by atoms with Crippen molar-refractivity contribution in [3.63, 3.8) is 0 Å². The van der Waals surface area contributed by atoms with Gasteiger partial charge < -0.3 is 10.4 Å². The second-order valence-electron chi connectivity index (χ2n) is 3.55. The highest BCUT2D eigenvalue weighted by molar-refractivity contribution is 5.72. The molecule has 0 heterocycles. The maximum atomic E-state index is 10.7. The van der Waals surface area contributed by atoms with E-state index in [1.54, 1.807) is 6.92 Å². The molecule has 0 spiro atoms. The second kappa shape index (κ2) is 4.24. The van der Waals surface area contributed by atoms with Gasteiger partial charge in [0.2, 0.25) is 5.91 Å². The fourth-order valence-corrected chi connectivity index (χ4v) is 1.20. The van der Waals surface area contributed by atoms with Crippen LogP contribution in [-0.4, -0.2) is 17.6 Å². The molecule has 0 bridgehead atoms. The zero-order valence-corrected chi connectivity index (χ0v) is 8.45. The Bertz CT molecular complexity index is 306. The molecule has 1 aromatic rings. The van der Waals surface area contributed by atoms with Crippen LogP contribution >= 0.6 is 0 Å². The molecule has 1 rings (SSSR count). The second-order valence-corrected chi connectivity index (χ2v) is 3.55. The smallest absolute Gasteiger partial charge is 0.216 e. The Morgan fingerprint density at radius 1 is 1.43 bits per heavy atom. The van der Waals surface area contributed by atoms with Crippen molar-refractivity contribution in [2.75, 3.05) is 6.54 Å². The lowest BCUT2D eigenvalue weighted by atomic mass is 9.96. The fraction of sp³-hybridized carbons (Fsp3) is 0.364. The minimum Gasteiger partial charge on any atom is -0.384 e. The van der Waals surface area contributed by atoms with Crippen LogP contribution in [-0.2, 0) is 10.4 Å². The number of aliphatic hydroxyl groups is 1. The van der Waals surface area contributed by atoms with Crippen molar-refractivity contribution >= 4 is 5.91 Å². The molecule has 3 nitrogen and oxygen atoms in total. The van der Waals surface area contributed by atoms with Gasteiger partial charge in [-0.3, -0.25) is 4.79 Å². The summed E-state index contributed by atoms with van der Waals surface area (Å²) in [7, 11) is 0. The van der Waals surface area contributed by atoms with Crippen molar-refractivity contribution in [2.24, 2.45) is 0 Å². The molecule has 76 valence electrons. The van der Waals surface area contributed by atoms with Crippen LogP contribution in [0.4, 0.5) is 0 Å². The molecule has 0 radical (unpaired) electrons. The van der Waals surface area contributed by atoms with E-state index in [0.717, 1.165) is 5.56 Å². The summed E-state index contributed by atoms with van der Waals surface area (Å²) in [6.07, 6.45) is 0. The van der Waals surface area contributed by atoms with Gasteiger partial charge in [0.25, 0.3) is 0 Å². The Kier molecular flexibility index (Phi) is 3.25. The molecule has 3 heteroatoms. The van der Waals surface area contributed by atoms with E-state index in [2.05, 4.69) is 5.32 Å². The highest BCUT2D eigenvalue weighted by Crippen LogP contribution is 2.18. The van der Waals surface area contributed by atoms with Gasteiger partial charge in [0.05, 0.1) is 6.54 Å². The topological polar surface area (TPSA) is 49.3 Å². The lowest BCUT2D eigenvalue weighted by Gasteiger charge is -2.23. The largest absolute Gasteiger partial charge is 0.384 e. The Hall–Kier alpha value is -1.35. The molecular weight excluding hydrogens is 178 g/mol. The van der Waals surface area contributed by atoms with E-state index in [4.69, 9.17) is 0 Å². The SMILES string of the molecule is CC(=O)NCC(C)(O)c1ccccc1. The zero-order valence-electron chi connectivity index (χ0n) is 8.45. The number of hydrogen-bond acceptors (Lipinski definition) is 2. The Morgan fingerprint density at radius 2 is 2.00 bits per heavy atom. The summed E-state index contributed by atoms with van der Waals surface area (Å²) in [5.74, 6) is -0.138. The normalized spacial score (nSPS) is 14.5. The van der Waals surface area contributed by atoms with Crippen LogP contribution in [0, 0.1) is 0 Å². The number of nitrogens with one attached hydrogen (secondary N) is 1. The van der Waals surface area contributed by atoms with Crippen LogP contribution in [0.15, 0.2) is 30.3 Å². The van der Waals surface area contributed by atoms with Crippen molar-refractivity contribution < 1.29 is 9.90 Å². The van der Waals surface area contributed by atoms with Gasteiger partial charge in [-0.2, -0.15) is 0 Å². The first-order chi connectivity index (χ1) is 6.52. The van der Waals surface area contributed by atoms with Crippen molar-refractivity contribution in [3.8, 4) is 0 Å². The van der Waals surface area contributed by atoms with Crippen LogP contribution < -0.4 is 5.32 Å². The molecule has 0 aliphatic carbocycles. The summed E-state index contributed by atoms with van der Waals surface area (Å²) in [5.41, 5.74) is -0.207. The minimum atomic E-state index is -1.01. The van der Waals surface area contributed by atoms with Crippen LogP contribution in [0.5, 0.6) is 0 Å². The third kappa shape index (κ3) is 2.85. The number of amides is 1. The molecule has 2 N–H and O–H groups in total. The van der Waals surface area contributed by atoms with Gasteiger partial charge >= 0.3 is 0 Å². The average molecular weight is 193 g/mol. The van der Waals surface area contributed by atoms with E-state index in [1.165, 1.54) is 6.92 Å². The van der Waals surface area contributed by atoms with Crippen LogP contribution in [0.2, 0.25) is 0 Å². The summed E-state index contributed by atoms with van der Waals surface area (Å²) in [6.45, 7) is 3.34. The third-order valence-electron chi connectivity index (χ3n) is 2.08. The summed E-state index contributed by atoms with van der Waals surface area (Å²) in [4.78, 5) is 10.7. The third-order valence-corrected chi connectivity index (χ3v) is 2.08. The molecule has 0 fully saturated rings. The van der Waals surface area contributed by atoms with Gasteiger partial charge in [-0.25, -0.2) is 0 Å². The molecule has 0 aliphatic rings. The van der Waals surface area contributed by atoms with Crippen molar-refractivity contribution in [1.82, 2.24) is 5.32 Å².